The predicted molar refractivity (Wildman–Crippen MR) is 58.6 cm³/mol. The van der Waals surface area contributed by atoms with Gasteiger partial charge in [-0.25, -0.2) is 0 Å². The molecule has 0 aliphatic heterocycles. The van der Waals surface area contributed by atoms with Gasteiger partial charge in [0.05, 0.1) is 24.9 Å². The van der Waals surface area contributed by atoms with Gasteiger partial charge in [0, 0.05) is 12.2 Å². The summed E-state index contributed by atoms with van der Waals surface area (Å²) in [5, 5.41) is 17.1. The molecule has 2 N–H and O–H groups in total. The quantitative estimate of drug-likeness (QED) is 0.750. The zero-order chi connectivity index (χ0) is 10.9. The minimum Gasteiger partial charge on any atom is -0.394 e. The molecule has 1 aliphatic carbocycles. The van der Waals surface area contributed by atoms with Crippen LogP contribution >= 0.6 is 0 Å². The number of aliphatic hydroxyl groups is 1. The van der Waals surface area contributed by atoms with Crippen molar-refractivity contribution in [2.75, 3.05) is 6.61 Å². The van der Waals surface area contributed by atoms with Gasteiger partial charge in [0.2, 0.25) is 0 Å². The number of hydrogen-bond donors (Lipinski definition) is 2. The average molecular weight is 209 g/mol. The molecule has 0 aromatic carbocycles. The molecule has 1 fully saturated rings. The van der Waals surface area contributed by atoms with Crippen LogP contribution < -0.4 is 5.32 Å². The first-order valence-electron chi connectivity index (χ1n) is 5.49. The Morgan fingerprint density at radius 3 is 2.87 bits per heavy atom. The molecule has 0 radical (unpaired) electrons. The molecule has 1 aromatic rings. The third-order valence-electron chi connectivity index (χ3n) is 2.75. The second-order valence-corrected chi connectivity index (χ2v) is 4.85. The van der Waals surface area contributed by atoms with Crippen LogP contribution in [0.3, 0.4) is 0 Å². The molecule has 4 heteroatoms. The molecular weight excluding hydrogens is 190 g/mol. The van der Waals surface area contributed by atoms with Crippen molar-refractivity contribution in [3.63, 3.8) is 0 Å². The highest BCUT2D eigenvalue weighted by molar-refractivity contribution is 5.01. The van der Waals surface area contributed by atoms with Crippen LogP contribution in [0.4, 0.5) is 0 Å². The second kappa shape index (κ2) is 3.94. The summed E-state index contributed by atoms with van der Waals surface area (Å²) in [6, 6.07) is 0.596. The molecule has 1 heterocycles. The molecule has 84 valence electrons. The number of aryl methyl sites for hydroxylation is 1. The maximum atomic E-state index is 9.43. The molecule has 1 saturated carbocycles. The van der Waals surface area contributed by atoms with E-state index in [1.54, 1.807) is 0 Å². The van der Waals surface area contributed by atoms with E-state index in [4.69, 9.17) is 0 Å². The first kappa shape index (κ1) is 10.6. The van der Waals surface area contributed by atoms with Gasteiger partial charge >= 0.3 is 0 Å². The largest absolute Gasteiger partial charge is 0.394 e. The van der Waals surface area contributed by atoms with Crippen molar-refractivity contribution < 1.29 is 5.11 Å². The molecular formula is C11H19N3O. The Bertz CT molecular complexity index is 332. The van der Waals surface area contributed by atoms with Crippen LogP contribution in [-0.2, 0) is 6.54 Å². The van der Waals surface area contributed by atoms with E-state index in [-0.39, 0.29) is 12.1 Å². The molecule has 1 atom stereocenters. The monoisotopic (exact) mass is 209 g/mol. The lowest BCUT2D eigenvalue weighted by molar-refractivity contribution is 0.151. The highest BCUT2D eigenvalue weighted by Crippen LogP contribution is 2.23. The molecule has 1 unspecified atom stereocenters. The van der Waals surface area contributed by atoms with Crippen molar-refractivity contribution >= 4 is 0 Å². The molecule has 1 aliphatic rings. The highest BCUT2D eigenvalue weighted by atomic mass is 16.3. The summed E-state index contributed by atoms with van der Waals surface area (Å²) in [4.78, 5) is 0. The summed E-state index contributed by atoms with van der Waals surface area (Å²) < 4.78 is 1.89. The van der Waals surface area contributed by atoms with Crippen LogP contribution in [-0.4, -0.2) is 33.1 Å². The van der Waals surface area contributed by atoms with E-state index in [0.29, 0.717) is 12.6 Å². The van der Waals surface area contributed by atoms with E-state index in [1.165, 1.54) is 12.8 Å². The van der Waals surface area contributed by atoms with Crippen molar-refractivity contribution in [1.82, 2.24) is 15.1 Å². The summed E-state index contributed by atoms with van der Waals surface area (Å²) in [7, 11) is 0. The van der Waals surface area contributed by atoms with E-state index in [1.807, 2.05) is 30.9 Å². The third-order valence-corrected chi connectivity index (χ3v) is 2.75. The zero-order valence-electron chi connectivity index (χ0n) is 9.40. The number of aromatic nitrogens is 2. The highest BCUT2D eigenvalue weighted by Gasteiger charge is 2.32. The van der Waals surface area contributed by atoms with Gasteiger partial charge in [-0.05, 0) is 32.3 Å². The van der Waals surface area contributed by atoms with Gasteiger partial charge < -0.3 is 10.4 Å². The summed E-state index contributed by atoms with van der Waals surface area (Å²) in [5.41, 5.74) is 0.904. The summed E-state index contributed by atoms with van der Waals surface area (Å²) in [6.07, 6.45) is 6.30. The number of rotatable bonds is 5. The lowest BCUT2D eigenvalue weighted by Crippen LogP contribution is -2.50. The normalized spacial score (nSPS) is 20.2. The Morgan fingerprint density at radius 2 is 2.40 bits per heavy atom. The number of hydrogen-bond acceptors (Lipinski definition) is 3. The minimum atomic E-state index is -0.250. The van der Waals surface area contributed by atoms with Gasteiger partial charge in [-0.3, -0.25) is 4.68 Å². The Kier molecular flexibility index (Phi) is 2.80. The molecule has 0 spiro atoms. The van der Waals surface area contributed by atoms with Crippen LogP contribution in [0.25, 0.3) is 0 Å². The van der Waals surface area contributed by atoms with E-state index < -0.39 is 0 Å². The topological polar surface area (TPSA) is 50.1 Å². The Hall–Kier alpha value is -0.870. The maximum Gasteiger partial charge on any atom is 0.0628 e. The fourth-order valence-corrected chi connectivity index (χ4v) is 1.77. The molecule has 0 amide bonds. The number of nitrogens with zero attached hydrogens (tertiary/aromatic N) is 2. The van der Waals surface area contributed by atoms with Crippen LogP contribution in [0.5, 0.6) is 0 Å². The Morgan fingerprint density at radius 1 is 1.67 bits per heavy atom. The summed E-state index contributed by atoms with van der Waals surface area (Å²) in [5.74, 6) is 0. The first-order valence-corrected chi connectivity index (χ1v) is 5.49. The van der Waals surface area contributed by atoms with Crippen molar-refractivity contribution in [2.45, 2.75) is 44.8 Å². The van der Waals surface area contributed by atoms with Gasteiger partial charge in [-0.15, -0.1) is 0 Å². The molecule has 1 aromatic heterocycles. The van der Waals surface area contributed by atoms with E-state index >= 15 is 0 Å². The third kappa shape index (κ3) is 2.79. The summed E-state index contributed by atoms with van der Waals surface area (Å²) in [6.45, 7) is 4.92. The van der Waals surface area contributed by atoms with Gasteiger partial charge in [-0.1, -0.05) is 0 Å². The molecule has 0 bridgehead atoms. The van der Waals surface area contributed by atoms with Crippen LogP contribution in [0.1, 0.15) is 25.3 Å². The predicted octanol–water partition coefficient (Wildman–Crippen LogP) is 0.695. The zero-order valence-corrected chi connectivity index (χ0v) is 9.40. The van der Waals surface area contributed by atoms with Gasteiger partial charge in [0.15, 0.2) is 0 Å². The molecule has 4 nitrogen and oxygen atoms in total. The fourth-order valence-electron chi connectivity index (χ4n) is 1.77. The second-order valence-electron chi connectivity index (χ2n) is 4.85. The SMILES string of the molecule is Cc1cnn(CC(C)(CO)NC2CC2)c1. The van der Waals surface area contributed by atoms with Gasteiger partial charge in [-0.2, -0.15) is 5.10 Å². The van der Waals surface area contributed by atoms with Crippen molar-refractivity contribution in [3.8, 4) is 0 Å². The van der Waals surface area contributed by atoms with Crippen LogP contribution in [0, 0.1) is 6.92 Å². The van der Waals surface area contributed by atoms with Crippen molar-refractivity contribution in [2.24, 2.45) is 0 Å². The molecule has 0 saturated heterocycles. The first-order chi connectivity index (χ1) is 7.11. The molecule has 2 rings (SSSR count). The lowest BCUT2D eigenvalue weighted by atomic mass is 10.0. The van der Waals surface area contributed by atoms with Gasteiger partial charge in [0.1, 0.15) is 0 Å². The van der Waals surface area contributed by atoms with E-state index in [9.17, 15) is 5.11 Å². The van der Waals surface area contributed by atoms with E-state index in [0.717, 1.165) is 5.56 Å². The summed E-state index contributed by atoms with van der Waals surface area (Å²) >= 11 is 0. The van der Waals surface area contributed by atoms with Crippen LogP contribution in [0.15, 0.2) is 12.4 Å². The maximum absolute atomic E-state index is 9.43. The standard InChI is InChI=1S/C11H19N3O/c1-9-5-12-14(6-9)7-11(2,8-15)13-10-3-4-10/h5-6,10,13,15H,3-4,7-8H2,1-2H3. The number of nitrogens with one attached hydrogen (secondary N) is 1. The molecule has 15 heavy (non-hydrogen) atoms. The van der Waals surface area contributed by atoms with Crippen molar-refractivity contribution in [1.29, 1.82) is 0 Å². The Balaban J connectivity index is 1.99. The number of aliphatic hydroxyl groups excluding tert-OH is 1. The van der Waals surface area contributed by atoms with Crippen molar-refractivity contribution in [3.05, 3.63) is 18.0 Å². The smallest absolute Gasteiger partial charge is 0.0628 e. The van der Waals surface area contributed by atoms with Crippen LogP contribution in [0.2, 0.25) is 0 Å². The lowest BCUT2D eigenvalue weighted by Gasteiger charge is -2.28. The Labute approximate surface area is 90.3 Å². The fraction of sp³-hybridized carbons (Fsp3) is 0.727. The van der Waals surface area contributed by atoms with E-state index in [2.05, 4.69) is 10.4 Å². The minimum absolute atomic E-state index is 0.141. The average Bonchev–Trinajstić information content (AvgIpc) is 2.90. The van der Waals surface area contributed by atoms with Gasteiger partial charge in [0.25, 0.3) is 0 Å².